The summed E-state index contributed by atoms with van der Waals surface area (Å²) in [6.45, 7) is 0. The summed E-state index contributed by atoms with van der Waals surface area (Å²) >= 11 is 0. The second kappa shape index (κ2) is 9.04. The zero-order valence-corrected chi connectivity index (χ0v) is 13.9. The van der Waals surface area contributed by atoms with Crippen molar-refractivity contribution in [1.82, 2.24) is 0 Å². The van der Waals surface area contributed by atoms with Crippen molar-refractivity contribution < 1.29 is 26.0 Å². The SMILES string of the molecule is [Cl-].c1ccc(OP(Oc2ccccc2)Oc2ccccc2)cc1. The van der Waals surface area contributed by atoms with Gasteiger partial charge in [-0.15, -0.1) is 0 Å². The largest absolute Gasteiger partial charge is 1.00 e. The number of halogens is 1. The van der Waals surface area contributed by atoms with Gasteiger partial charge in [-0.3, -0.25) is 0 Å². The molecule has 0 amide bonds. The normalized spacial score (nSPS) is 9.78. The zero-order valence-electron chi connectivity index (χ0n) is 12.2. The van der Waals surface area contributed by atoms with E-state index >= 15 is 0 Å². The molecule has 0 spiro atoms. The van der Waals surface area contributed by atoms with Crippen LogP contribution in [0.4, 0.5) is 0 Å². The quantitative estimate of drug-likeness (QED) is 0.642. The summed E-state index contributed by atoms with van der Waals surface area (Å²) in [6, 6.07) is 28.5. The fourth-order valence-electron chi connectivity index (χ4n) is 1.76. The highest BCUT2D eigenvalue weighted by Gasteiger charge is 2.19. The molecule has 0 aliphatic heterocycles. The summed E-state index contributed by atoms with van der Waals surface area (Å²) in [5, 5.41) is 0. The van der Waals surface area contributed by atoms with Crippen LogP contribution in [0, 0.1) is 0 Å². The van der Waals surface area contributed by atoms with Crippen molar-refractivity contribution in [1.29, 1.82) is 0 Å². The minimum absolute atomic E-state index is 0. The second-order valence-corrected chi connectivity index (χ2v) is 5.43. The van der Waals surface area contributed by atoms with E-state index in [1.54, 1.807) is 0 Å². The summed E-state index contributed by atoms with van der Waals surface area (Å²) in [5.74, 6) is 2.13. The first-order chi connectivity index (χ1) is 10.9. The standard InChI is InChI=1S/C18H15O3P.ClH/c1-4-10-16(11-5-1)19-22(20-17-12-6-2-7-13-17)21-18-14-8-3-9-15-18;/h1-15H;1H/p-1. The van der Waals surface area contributed by atoms with Gasteiger partial charge in [0.15, 0.2) is 0 Å². The minimum atomic E-state index is -1.59. The summed E-state index contributed by atoms with van der Waals surface area (Å²) < 4.78 is 17.5. The molecule has 0 radical (unpaired) electrons. The summed E-state index contributed by atoms with van der Waals surface area (Å²) in [6.07, 6.45) is 0. The predicted molar refractivity (Wildman–Crippen MR) is 88.1 cm³/mol. The molecule has 23 heavy (non-hydrogen) atoms. The molecule has 0 saturated heterocycles. The lowest BCUT2D eigenvalue weighted by molar-refractivity contribution is -0.00000674. The molecule has 0 unspecified atom stereocenters. The maximum Gasteiger partial charge on any atom is 0.530 e. The lowest BCUT2D eigenvalue weighted by Gasteiger charge is -2.17. The first-order valence-corrected chi connectivity index (χ1v) is 7.99. The van der Waals surface area contributed by atoms with Crippen molar-refractivity contribution in [3.8, 4) is 17.2 Å². The van der Waals surface area contributed by atoms with Gasteiger partial charge in [-0.05, 0) is 36.4 Å². The van der Waals surface area contributed by atoms with E-state index in [0.29, 0.717) is 17.2 Å². The number of hydrogen-bond donors (Lipinski definition) is 0. The maximum atomic E-state index is 5.84. The third-order valence-electron chi connectivity index (χ3n) is 2.77. The molecule has 0 aliphatic rings. The fourth-order valence-corrected chi connectivity index (χ4v) is 2.75. The highest BCUT2D eigenvalue weighted by atomic mass is 35.5. The Hall–Kier alpha value is -2.22. The van der Waals surface area contributed by atoms with E-state index in [1.807, 2.05) is 91.0 Å². The molecule has 0 heterocycles. The van der Waals surface area contributed by atoms with Crippen molar-refractivity contribution in [3.63, 3.8) is 0 Å². The highest BCUT2D eigenvalue weighted by Crippen LogP contribution is 2.41. The summed E-state index contributed by atoms with van der Waals surface area (Å²) in [7, 11) is -1.59. The van der Waals surface area contributed by atoms with E-state index in [2.05, 4.69) is 0 Å². The Balaban J connectivity index is 0.00000192. The van der Waals surface area contributed by atoms with Gasteiger partial charge in [0.1, 0.15) is 17.2 Å². The van der Waals surface area contributed by atoms with Crippen molar-refractivity contribution in [3.05, 3.63) is 91.0 Å². The van der Waals surface area contributed by atoms with Crippen molar-refractivity contribution in [2.45, 2.75) is 0 Å². The lowest BCUT2D eigenvalue weighted by Crippen LogP contribution is -3.00. The fraction of sp³-hybridized carbons (Fsp3) is 0. The Labute approximate surface area is 143 Å². The van der Waals surface area contributed by atoms with Gasteiger partial charge in [-0.1, -0.05) is 54.6 Å². The van der Waals surface area contributed by atoms with Gasteiger partial charge in [0.25, 0.3) is 0 Å². The maximum absolute atomic E-state index is 5.84. The molecule has 5 heteroatoms. The van der Waals surface area contributed by atoms with Crippen molar-refractivity contribution in [2.75, 3.05) is 0 Å². The monoisotopic (exact) mass is 345 g/mol. The number of benzene rings is 3. The van der Waals surface area contributed by atoms with E-state index < -0.39 is 8.60 Å². The van der Waals surface area contributed by atoms with Crippen LogP contribution in [0.2, 0.25) is 0 Å². The van der Waals surface area contributed by atoms with Gasteiger partial charge in [0, 0.05) is 0 Å². The Morgan fingerprint density at radius 3 is 0.957 bits per heavy atom. The third-order valence-corrected chi connectivity index (χ3v) is 3.85. The molecule has 3 rings (SSSR count). The van der Waals surface area contributed by atoms with Crippen LogP contribution in [-0.2, 0) is 0 Å². The third kappa shape index (κ3) is 5.48. The Morgan fingerprint density at radius 2 is 0.696 bits per heavy atom. The molecule has 0 aliphatic carbocycles. The van der Waals surface area contributed by atoms with Crippen LogP contribution >= 0.6 is 8.60 Å². The number of rotatable bonds is 6. The van der Waals surface area contributed by atoms with Crippen LogP contribution in [-0.4, -0.2) is 0 Å². The van der Waals surface area contributed by atoms with Crippen LogP contribution in [0.15, 0.2) is 91.0 Å². The van der Waals surface area contributed by atoms with Gasteiger partial charge < -0.3 is 26.0 Å². The van der Waals surface area contributed by atoms with Crippen LogP contribution in [0.5, 0.6) is 17.2 Å². The van der Waals surface area contributed by atoms with Gasteiger partial charge >= 0.3 is 8.60 Å². The lowest BCUT2D eigenvalue weighted by atomic mass is 10.3. The van der Waals surface area contributed by atoms with Crippen molar-refractivity contribution >= 4 is 8.60 Å². The molecule has 3 aromatic rings. The molecule has 0 aromatic heterocycles. The van der Waals surface area contributed by atoms with Crippen LogP contribution in [0.1, 0.15) is 0 Å². The van der Waals surface area contributed by atoms with E-state index in [4.69, 9.17) is 13.6 Å². The molecule has 0 fully saturated rings. The van der Waals surface area contributed by atoms with Crippen LogP contribution in [0.3, 0.4) is 0 Å². The van der Waals surface area contributed by atoms with Crippen molar-refractivity contribution in [2.24, 2.45) is 0 Å². The Kier molecular flexibility index (Phi) is 6.74. The zero-order chi connectivity index (χ0) is 15.0. The van der Waals surface area contributed by atoms with E-state index in [0.717, 1.165) is 0 Å². The molecule has 3 aromatic carbocycles. The molecular formula is C18H15ClO3P-. The summed E-state index contributed by atoms with van der Waals surface area (Å²) in [4.78, 5) is 0. The molecule has 0 atom stereocenters. The smallest absolute Gasteiger partial charge is 0.530 e. The minimum Gasteiger partial charge on any atom is -1.00 e. The Morgan fingerprint density at radius 1 is 0.435 bits per heavy atom. The van der Waals surface area contributed by atoms with Crippen LogP contribution in [0.25, 0.3) is 0 Å². The molecule has 3 nitrogen and oxygen atoms in total. The molecule has 0 N–H and O–H groups in total. The first kappa shape index (κ1) is 17.1. The topological polar surface area (TPSA) is 27.7 Å². The van der Waals surface area contributed by atoms with Gasteiger partial charge in [0.05, 0.1) is 0 Å². The molecule has 118 valence electrons. The predicted octanol–water partition coefficient (Wildman–Crippen LogP) is 2.45. The van der Waals surface area contributed by atoms with E-state index in [1.165, 1.54) is 0 Å². The van der Waals surface area contributed by atoms with E-state index in [9.17, 15) is 0 Å². The second-order valence-electron chi connectivity index (χ2n) is 4.44. The average molecular weight is 346 g/mol. The molecule has 0 saturated carbocycles. The number of para-hydroxylation sites is 3. The van der Waals surface area contributed by atoms with E-state index in [-0.39, 0.29) is 12.4 Å². The summed E-state index contributed by atoms with van der Waals surface area (Å²) in [5.41, 5.74) is 0. The van der Waals surface area contributed by atoms with Gasteiger partial charge in [-0.25, -0.2) is 0 Å². The van der Waals surface area contributed by atoms with Gasteiger partial charge in [-0.2, -0.15) is 0 Å². The highest BCUT2D eigenvalue weighted by molar-refractivity contribution is 7.43. The number of hydrogen-bond acceptors (Lipinski definition) is 3. The first-order valence-electron chi connectivity index (χ1n) is 6.89. The van der Waals surface area contributed by atoms with Gasteiger partial charge in [0.2, 0.25) is 0 Å². The molecule has 0 bridgehead atoms. The molecular weight excluding hydrogens is 331 g/mol. The van der Waals surface area contributed by atoms with Crippen LogP contribution < -0.4 is 26.0 Å². The Bertz CT molecular complexity index is 582. The average Bonchev–Trinajstić information content (AvgIpc) is 2.57.